The number of hydrogen-bond acceptors (Lipinski definition) is 1. The Morgan fingerprint density at radius 3 is 2.37 bits per heavy atom. The van der Waals surface area contributed by atoms with Crippen LogP contribution in [0.25, 0.3) is 11.3 Å². The molecule has 1 aromatic heterocycles. The van der Waals surface area contributed by atoms with Crippen LogP contribution in [0.15, 0.2) is 66.9 Å². The molecule has 0 aliphatic rings. The Morgan fingerprint density at radius 2 is 1.63 bits per heavy atom. The van der Waals surface area contributed by atoms with Crippen molar-refractivity contribution in [2.45, 2.75) is 6.54 Å². The first-order valence-electron chi connectivity index (χ1n) is 6.14. The van der Waals surface area contributed by atoms with Gasteiger partial charge in [0.15, 0.2) is 0 Å². The van der Waals surface area contributed by atoms with Crippen molar-refractivity contribution < 1.29 is 0 Å². The lowest BCUT2D eigenvalue weighted by Gasteiger charge is -2.08. The van der Waals surface area contributed by atoms with Gasteiger partial charge >= 0.3 is 0 Å². The summed E-state index contributed by atoms with van der Waals surface area (Å²) in [4.78, 5) is 0. The van der Waals surface area contributed by atoms with E-state index >= 15 is 0 Å². The lowest BCUT2D eigenvalue weighted by atomic mass is 10.1. The van der Waals surface area contributed by atoms with Crippen LogP contribution in [-0.2, 0) is 6.54 Å². The maximum atomic E-state index is 5.90. The number of halogens is 1. The van der Waals surface area contributed by atoms with Gasteiger partial charge in [-0.05, 0) is 29.3 Å². The van der Waals surface area contributed by atoms with Gasteiger partial charge in [0.25, 0.3) is 0 Å². The van der Waals surface area contributed by atoms with Crippen molar-refractivity contribution in [3.05, 3.63) is 77.4 Å². The highest BCUT2D eigenvalue weighted by Gasteiger charge is 2.05. The molecule has 1 heterocycles. The zero-order valence-corrected chi connectivity index (χ0v) is 11.1. The van der Waals surface area contributed by atoms with Crippen LogP contribution < -0.4 is 0 Å². The second-order valence-electron chi connectivity index (χ2n) is 4.37. The Hall–Kier alpha value is -2.06. The van der Waals surface area contributed by atoms with Crippen molar-refractivity contribution in [1.29, 1.82) is 0 Å². The number of aromatic nitrogens is 2. The van der Waals surface area contributed by atoms with Crippen molar-refractivity contribution in [2.24, 2.45) is 0 Å². The van der Waals surface area contributed by atoms with E-state index in [0.717, 1.165) is 17.3 Å². The molecule has 2 aromatic carbocycles. The van der Waals surface area contributed by atoms with E-state index in [1.54, 1.807) is 0 Å². The summed E-state index contributed by atoms with van der Waals surface area (Å²) in [5.41, 5.74) is 3.48. The number of benzene rings is 2. The van der Waals surface area contributed by atoms with Gasteiger partial charge in [-0.2, -0.15) is 5.10 Å². The van der Waals surface area contributed by atoms with Crippen LogP contribution >= 0.6 is 11.6 Å². The zero-order chi connectivity index (χ0) is 13.1. The predicted octanol–water partition coefficient (Wildman–Crippen LogP) is 4.25. The largest absolute Gasteiger partial charge is 0.260 e. The second kappa shape index (κ2) is 5.29. The van der Waals surface area contributed by atoms with E-state index in [4.69, 9.17) is 11.6 Å². The monoisotopic (exact) mass is 268 g/mol. The first-order chi connectivity index (χ1) is 9.33. The molecule has 0 saturated carbocycles. The van der Waals surface area contributed by atoms with E-state index in [9.17, 15) is 0 Å². The minimum absolute atomic E-state index is 0.744. The van der Waals surface area contributed by atoms with Crippen LogP contribution in [0.5, 0.6) is 0 Å². The van der Waals surface area contributed by atoms with Crippen LogP contribution in [0.1, 0.15) is 5.56 Å². The molecule has 0 aliphatic heterocycles. The lowest BCUT2D eigenvalue weighted by molar-refractivity contribution is 0.694. The van der Waals surface area contributed by atoms with Crippen LogP contribution in [0.4, 0.5) is 0 Å². The summed E-state index contributed by atoms with van der Waals surface area (Å²) >= 11 is 5.90. The van der Waals surface area contributed by atoms with Crippen LogP contribution in [0.2, 0.25) is 5.02 Å². The van der Waals surface area contributed by atoms with Gasteiger partial charge in [0.1, 0.15) is 0 Å². The van der Waals surface area contributed by atoms with Gasteiger partial charge in [0.2, 0.25) is 0 Å². The fraction of sp³-hybridized carbons (Fsp3) is 0.0625. The molecule has 0 atom stereocenters. The fourth-order valence-electron chi connectivity index (χ4n) is 2.08. The first-order valence-corrected chi connectivity index (χ1v) is 6.52. The van der Waals surface area contributed by atoms with Crippen molar-refractivity contribution >= 4 is 11.6 Å². The second-order valence-corrected chi connectivity index (χ2v) is 4.80. The molecule has 0 N–H and O–H groups in total. The molecule has 0 saturated heterocycles. The molecule has 3 rings (SSSR count). The Labute approximate surface area is 117 Å². The fourth-order valence-corrected chi connectivity index (χ4v) is 2.20. The molecule has 2 nitrogen and oxygen atoms in total. The number of nitrogens with zero attached hydrogens (tertiary/aromatic N) is 2. The molecule has 0 unspecified atom stereocenters. The molecule has 3 heteroatoms. The molecule has 94 valence electrons. The molecule has 0 aliphatic carbocycles. The Balaban J connectivity index is 1.91. The first kappa shape index (κ1) is 12.0. The summed E-state index contributed by atoms with van der Waals surface area (Å²) in [5.74, 6) is 0. The molecule has 0 fully saturated rings. The summed E-state index contributed by atoms with van der Waals surface area (Å²) in [5, 5.41) is 5.15. The van der Waals surface area contributed by atoms with E-state index in [1.807, 2.05) is 59.4 Å². The van der Waals surface area contributed by atoms with Gasteiger partial charge in [-0.25, -0.2) is 0 Å². The average molecular weight is 269 g/mol. The van der Waals surface area contributed by atoms with Crippen LogP contribution in [-0.4, -0.2) is 9.78 Å². The Bertz CT molecular complexity index is 657. The van der Waals surface area contributed by atoms with E-state index in [1.165, 1.54) is 11.1 Å². The van der Waals surface area contributed by atoms with Gasteiger partial charge in [-0.15, -0.1) is 0 Å². The van der Waals surface area contributed by atoms with Gasteiger partial charge in [-0.1, -0.05) is 54.1 Å². The predicted molar refractivity (Wildman–Crippen MR) is 78.2 cm³/mol. The molecule has 3 aromatic rings. The normalized spacial score (nSPS) is 10.6. The quantitative estimate of drug-likeness (QED) is 0.694. The standard InChI is InChI=1S/C16H13ClN2/c17-15-8-6-13(7-9-15)12-19-16(10-11-18-19)14-4-2-1-3-5-14/h1-11H,12H2. The van der Waals surface area contributed by atoms with Crippen LogP contribution in [0.3, 0.4) is 0 Å². The van der Waals surface area contributed by atoms with E-state index < -0.39 is 0 Å². The van der Waals surface area contributed by atoms with Crippen molar-refractivity contribution in [1.82, 2.24) is 9.78 Å². The number of hydrogen-bond donors (Lipinski definition) is 0. The molecular weight excluding hydrogens is 256 g/mol. The molecule has 19 heavy (non-hydrogen) atoms. The molecular formula is C16H13ClN2. The van der Waals surface area contributed by atoms with Gasteiger partial charge < -0.3 is 0 Å². The summed E-state index contributed by atoms with van der Waals surface area (Å²) in [6.45, 7) is 0.744. The van der Waals surface area contributed by atoms with Gasteiger partial charge in [0.05, 0.1) is 12.2 Å². The third-order valence-corrected chi connectivity index (χ3v) is 3.28. The summed E-state index contributed by atoms with van der Waals surface area (Å²) in [6.07, 6.45) is 1.83. The minimum Gasteiger partial charge on any atom is -0.260 e. The van der Waals surface area contributed by atoms with E-state index in [2.05, 4.69) is 17.2 Å². The van der Waals surface area contributed by atoms with Gasteiger partial charge in [-0.3, -0.25) is 4.68 Å². The maximum Gasteiger partial charge on any atom is 0.0686 e. The summed E-state index contributed by atoms with van der Waals surface area (Å²) in [6, 6.07) is 20.2. The Morgan fingerprint density at radius 1 is 0.895 bits per heavy atom. The van der Waals surface area contributed by atoms with E-state index in [-0.39, 0.29) is 0 Å². The minimum atomic E-state index is 0.744. The topological polar surface area (TPSA) is 17.8 Å². The molecule has 0 bridgehead atoms. The third kappa shape index (κ3) is 2.69. The summed E-state index contributed by atoms with van der Waals surface area (Å²) in [7, 11) is 0. The highest BCUT2D eigenvalue weighted by Crippen LogP contribution is 2.19. The maximum absolute atomic E-state index is 5.90. The van der Waals surface area contributed by atoms with Crippen molar-refractivity contribution in [3.63, 3.8) is 0 Å². The average Bonchev–Trinajstić information content (AvgIpc) is 2.90. The van der Waals surface area contributed by atoms with E-state index in [0.29, 0.717) is 0 Å². The number of rotatable bonds is 3. The lowest BCUT2D eigenvalue weighted by Crippen LogP contribution is -2.03. The molecule has 0 radical (unpaired) electrons. The molecule has 0 spiro atoms. The highest BCUT2D eigenvalue weighted by atomic mass is 35.5. The zero-order valence-electron chi connectivity index (χ0n) is 10.3. The molecule has 0 amide bonds. The summed E-state index contributed by atoms with van der Waals surface area (Å²) < 4.78 is 2.00. The van der Waals surface area contributed by atoms with Gasteiger partial charge in [0, 0.05) is 11.2 Å². The van der Waals surface area contributed by atoms with Crippen LogP contribution in [0, 0.1) is 0 Å². The SMILES string of the molecule is Clc1ccc(Cn2nccc2-c2ccccc2)cc1. The van der Waals surface area contributed by atoms with Crippen molar-refractivity contribution in [2.75, 3.05) is 0 Å². The highest BCUT2D eigenvalue weighted by molar-refractivity contribution is 6.30. The van der Waals surface area contributed by atoms with Crippen molar-refractivity contribution in [3.8, 4) is 11.3 Å². The smallest absolute Gasteiger partial charge is 0.0686 e. The Kier molecular flexibility index (Phi) is 3.34. The third-order valence-electron chi connectivity index (χ3n) is 3.03.